The highest BCUT2D eigenvalue weighted by molar-refractivity contribution is 7.92. The average Bonchev–Trinajstić information content (AvgIpc) is 3.07. The van der Waals surface area contributed by atoms with E-state index >= 15 is 0 Å². The molecule has 126 valence electrons. The molecule has 1 amide bonds. The number of amides is 1. The van der Waals surface area contributed by atoms with Crippen LogP contribution in [0.4, 0.5) is 0 Å². The lowest BCUT2D eigenvalue weighted by Crippen LogP contribution is -2.33. The molecular weight excluding hydrogens is 310 g/mol. The fourth-order valence-corrected chi connectivity index (χ4v) is 5.49. The minimum Gasteiger partial charge on any atom is -0.341 e. The first-order valence-electron chi connectivity index (χ1n) is 8.64. The molecular formula is C18H25NO3S. The molecule has 1 aromatic carbocycles. The summed E-state index contributed by atoms with van der Waals surface area (Å²) in [5.74, 6) is 0.642. The van der Waals surface area contributed by atoms with Crippen molar-refractivity contribution in [3.8, 4) is 0 Å². The zero-order chi connectivity index (χ0) is 16.3. The summed E-state index contributed by atoms with van der Waals surface area (Å²) < 4.78 is 25.3. The topological polar surface area (TPSA) is 54.5 Å². The lowest BCUT2D eigenvalue weighted by Gasteiger charge is -2.24. The summed E-state index contributed by atoms with van der Waals surface area (Å²) in [7, 11) is -3.33. The van der Waals surface area contributed by atoms with Crippen molar-refractivity contribution in [3.63, 3.8) is 0 Å². The van der Waals surface area contributed by atoms with Crippen molar-refractivity contribution in [2.24, 2.45) is 5.92 Å². The number of nitrogens with zero attached hydrogens (tertiary/aromatic N) is 1. The fourth-order valence-electron chi connectivity index (χ4n) is 3.78. The smallest absolute Gasteiger partial charge is 0.222 e. The van der Waals surface area contributed by atoms with Gasteiger partial charge in [0.05, 0.1) is 10.1 Å². The summed E-state index contributed by atoms with van der Waals surface area (Å²) in [5, 5.41) is -0.458. The maximum atomic E-state index is 12.7. The molecule has 0 radical (unpaired) electrons. The van der Waals surface area contributed by atoms with E-state index in [-0.39, 0.29) is 5.91 Å². The highest BCUT2D eigenvalue weighted by Gasteiger charge is 2.36. The zero-order valence-electron chi connectivity index (χ0n) is 13.5. The highest BCUT2D eigenvalue weighted by atomic mass is 32.2. The van der Waals surface area contributed by atoms with Crippen LogP contribution in [-0.4, -0.2) is 37.6 Å². The van der Waals surface area contributed by atoms with E-state index in [1.807, 2.05) is 6.07 Å². The molecule has 1 saturated carbocycles. The number of carbonyl (C=O) groups excluding carboxylic acids is 1. The molecule has 1 aromatic rings. The van der Waals surface area contributed by atoms with Gasteiger partial charge in [0.15, 0.2) is 9.84 Å². The summed E-state index contributed by atoms with van der Waals surface area (Å²) in [5.41, 5.74) is 0. The van der Waals surface area contributed by atoms with Crippen LogP contribution in [0.1, 0.15) is 44.9 Å². The number of sulfone groups is 1. The number of benzene rings is 1. The van der Waals surface area contributed by atoms with Crippen molar-refractivity contribution in [2.75, 3.05) is 13.1 Å². The van der Waals surface area contributed by atoms with E-state index in [9.17, 15) is 13.2 Å². The van der Waals surface area contributed by atoms with E-state index in [0.29, 0.717) is 36.7 Å². The summed E-state index contributed by atoms with van der Waals surface area (Å²) in [6, 6.07) is 8.58. The zero-order valence-corrected chi connectivity index (χ0v) is 14.3. The molecule has 0 N–H and O–H groups in total. The molecule has 1 atom stereocenters. The number of hydrogen-bond donors (Lipinski definition) is 0. The summed E-state index contributed by atoms with van der Waals surface area (Å²) in [6.45, 7) is 0.922. The van der Waals surface area contributed by atoms with Gasteiger partial charge in [-0.25, -0.2) is 8.42 Å². The third-order valence-corrected chi connectivity index (χ3v) is 7.39. The van der Waals surface area contributed by atoms with Crippen LogP contribution in [0.3, 0.4) is 0 Å². The van der Waals surface area contributed by atoms with Crippen LogP contribution >= 0.6 is 0 Å². The van der Waals surface area contributed by atoms with Crippen molar-refractivity contribution in [1.82, 2.24) is 4.90 Å². The minimum absolute atomic E-state index is 0.141. The van der Waals surface area contributed by atoms with Gasteiger partial charge in [-0.05, 0) is 37.3 Å². The predicted octanol–water partition coefficient (Wildman–Crippen LogP) is 3.03. The Morgan fingerprint density at radius 3 is 2.43 bits per heavy atom. The quantitative estimate of drug-likeness (QED) is 0.850. The molecule has 1 aliphatic heterocycles. The predicted molar refractivity (Wildman–Crippen MR) is 89.8 cm³/mol. The van der Waals surface area contributed by atoms with Crippen LogP contribution in [0.15, 0.2) is 35.2 Å². The summed E-state index contributed by atoms with van der Waals surface area (Å²) in [4.78, 5) is 14.6. The third-order valence-electron chi connectivity index (χ3n) is 5.20. The van der Waals surface area contributed by atoms with Gasteiger partial charge in [0, 0.05) is 19.5 Å². The lowest BCUT2D eigenvalue weighted by atomic mass is 9.87. The van der Waals surface area contributed by atoms with Gasteiger partial charge in [-0.15, -0.1) is 0 Å². The molecule has 1 heterocycles. The largest absolute Gasteiger partial charge is 0.341 e. The van der Waals surface area contributed by atoms with Crippen molar-refractivity contribution in [2.45, 2.75) is 55.1 Å². The Labute approximate surface area is 138 Å². The molecule has 1 saturated heterocycles. The maximum absolute atomic E-state index is 12.7. The molecule has 2 fully saturated rings. The number of rotatable bonds is 4. The maximum Gasteiger partial charge on any atom is 0.222 e. The minimum atomic E-state index is -3.33. The van der Waals surface area contributed by atoms with Crippen LogP contribution in [0.25, 0.3) is 0 Å². The van der Waals surface area contributed by atoms with Crippen LogP contribution < -0.4 is 0 Å². The molecule has 5 heteroatoms. The van der Waals surface area contributed by atoms with E-state index in [2.05, 4.69) is 0 Å². The van der Waals surface area contributed by atoms with E-state index in [1.54, 1.807) is 29.2 Å². The van der Waals surface area contributed by atoms with Crippen molar-refractivity contribution >= 4 is 15.7 Å². The third kappa shape index (κ3) is 3.77. The molecule has 1 unspecified atom stereocenters. The molecule has 2 aliphatic rings. The second-order valence-corrected chi connectivity index (χ2v) is 9.04. The van der Waals surface area contributed by atoms with Crippen molar-refractivity contribution in [3.05, 3.63) is 30.3 Å². The highest BCUT2D eigenvalue weighted by Crippen LogP contribution is 2.29. The lowest BCUT2D eigenvalue weighted by molar-refractivity contribution is -0.131. The van der Waals surface area contributed by atoms with Crippen LogP contribution in [0.2, 0.25) is 0 Å². The second kappa shape index (κ2) is 7.04. The molecule has 3 rings (SSSR count). The van der Waals surface area contributed by atoms with E-state index < -0.39 is 15.1 Å². The SMILES string of the molecule is O=C(CC1CCCCC1)N1CCC(S(=O)(=O)c2ccccc2)C1. The van der Waals surface area contributed by atoms with Gasteiger partial charge in [-0.1, -0.05) is 37.5 Å². The van der Waals surface area contributed by atoms with Crippen LogP contribution in [0.5, 0.6) is 0 Å². The van der Waals surface area contributed by atoms with Gasteiger partial charge in [0.1, 0.15) is 0 Å². The number of likely N-dealkylation sites (tertiary alicyclic amines) is 1. The van der Waals surface area contributed by atoms with E-state index in [4.69, 9.17) is 0 Å². The Balaban J connectivity index is 1.60. The van der Waals surface area contributed by atoms with Crippen LogP contribution in [-0.2, 0) is 14.6 Å². The second-order valence-electron chi connectivity index (χ2n) is 6.82. The Kier molecular flexibility index (Phi) is 5.05. The first-order valence-corrected chi connectivity index (χ1v) is 10.2. The Morgan fingerprint density at radius 2 is 1.74 bits per heavy atom. The summed E-state index contributed by atoms with van der Waals surface area (Å²) >= 11 is 0. The molecule has 1 aliphatic carbocycles. The van der Waals surface area contributed by atoms with Gasteiger partial charge in [0.2, 0.25) is 5.91 Å². The van der Waals surface area contributed by atoms with Gasteiger partial charge in [0.25, 0.3) is 0 Å². The monoisotopic (exact) mass is 335 g/mol. The Morgan fingerprint density at radius 1 is 1.04 bits per heavy atom. The fraction of sp³-hybridized carbons (Fsp3) is 0.611. The molecule has 23 heavy (non-hydrogen) atoms. The Bertz CT molecular complexity index is 635. The molecule has 4 nitrogen and oxygen atoms in total. The average molecular weight is 335 g/mol. The van der Waals surface area contributed by atoms with Gasteiger partial charge in [-0.3, -0.25) is 4.79 Å². The van der Waals surface area contributed by atoms with Crippen LogP contribution in [0, 0.1) is 5.92 Å². The van der Waals surface area contributed by atoms with E-state index in [1.165, 1.54) is 19.3 Å². The van der Waals surface area contributed by atoms with Gasteiger partial charge < -0.3 is 4.90 Å². The van der Waals surface area contributed by atoms with Gasteiger partial charge >= 0.3 is 0 Å². The normalized spacial score (nSPS) is 23.1. The molecule has 0 aromatic heterocycles. The molecule has 0 bridgehead atoms. The number of carbonyl (C=O) groups is 1. The van der Waals surface area contributed by atoms with E-state index in [0.717, 1.165) is 12.8 Å². The first kappa shape index (κ1) is 16.5. The standard InChI is InChI=1S/C18H25NO3S/c20-18(13-15-7-3-1-4-8-15)19-12-11-17(14-19)23(21,22)16-9-5-2-6-10-16/h2,5-6,9-10,15,17H,1,3-4,7-8,11-14H2. The number of hydrogen-bond acceptors (Lipinski definition) is 3. The first-order chi connectivity index (χ1) is 11.1. The van der Waals surface area contributed by atoms with Crippen molar-refractivity contribution < 1.29 is 13.2 Å². The van der Waals surface area contributed by atoms with Gasteiger partial charge in [-0.2, -0.15) is 0 Å². The summed E-state index contributed by atoms with van der Waals surface area (Å²) in [6.07, 6.45) is 7.17. The Hall–Kier alpha value is -1.36. The molecule has 0 spiro atoms. The van der Waals surface area contributed by atoms with Crippen molar-refractivity contribution in [1.29, 1.82) is 0 Å².